The number of aryl methyl sites for hydroxylation is 1. The molecular formula is C15H22N4O. The van der Waals surface area contributed by atoms with Gasteiger partial charge in [0.05, 0.1) is 11.2 Å². The summed E-state index contributed by atoms with van der Waals surface area (Å²) < 4.78 is 0. The van der Waals surface area contributed by atoms with Crippen LogP contribution >= 0.6 is 0 Å². The molecule has 1 aliphatic rings. The molecule has 1 aliphatic heterocycles. The van der Waals surface area contributed by atoms with Crippen LogP contribution < -0.4 is 4.90 Å². The summed E-state index contributed by atoms with van der Waals surface area (Å²) in [6.07, 6.45) is 1.76. The van der Waals surface area contributed by atoms with Crippen LogP contribution in [0.2, 0.25) is 0 Å². The number of anilines is 1. The highest BCUT2D eigenvalue weighted by Crippen LogP contribution is 2.21. The molecule has 0 aromatic carbocycles. The van der Waals surface area contributed by atoms with Crippen molar-refractivity contribution in [1.82, 2.24) is 9.88 Å². The summed E-state index contributed by atoms with van der Waals surface area (Å²) in [5, 5.41) is 19.1. The molecule has 0 aliphatic carbocycles. The molecule has 1 N–H and O–H groups in total. The molecule has 1 aromatic rings. The summed E-state index contributed by atoms with van der Waals surface area (Å²) in [7, 11) is 0. The molecule has 1 fully saturated rings. The minimum absolute atomic E-state index is 0.665. The summed E-state index contributed by atoms with van der Waals surface area (Å²) in [5.41, 5.74) is 0.974. The van der Waals surface area contributed by atoms with E-state index in [-0.39, 0.29) is 0 Å². The molecule has 0 radical (unpaired) electrons. The summed E-state index contributed by atoms with van der Waals surface area (Å²) in [6, 6.07) is 4.12. The van der Waals surface area contributed by atoms with E-state index < -0.39 is 5.60 Å². The van der Waals surface area contributed by atoms with Gasteiger partial charge in [-0.05, 0) is 32.4 Å². The molecule has 0 atom stereocenters. The van der Waals surface area contributed by atoms with Crippen molar-refractivity contribution in [3.63, 3.8) is 0 Å². The molecule has 2 heterocycles. The lowest BCUT2D eigenvalue weighted by molar-refractivity contribution is 0.0344. The first-order valence-corrected chi connectivity index (χ1v) is 6.96. The highest BCUT2D eigenvalue weighted by Gasteiger charge is 2.24. The maximum Gasteiger partial charge on any atom is 0.146 e. The third-order valence-corrected chi connectivity index (χ3v) is 3.53. The molecule has 20 heavy (non-hydrogen) atoms. The van der Waals surface area contributed by atoms with Crippen LogP contribution in [0.1, 0.15) is 25.0 Å². The van der Waals surface area contributed by atoms with Crippen molar-refractivity contribution in [1.29, 1.82) is 5.26 Å². The van der Waals surface area contributed by atoms with Gasteiger partial charge in [-0.2, -0.15) is 5.26 Å². The Hall–Kier alpha value is -1.64. The van der Waals surface area contributed by atoms with Gasteiger partial charge in [-0.1, -0.05) is 0 Å². The Morgan fingerprint density at radius 2 is 2.00 bits per heavy atom. The second-order valence-corrected chi connectivity index (χ2v) is 6.01. The van der Waals surface area contributed by atoms with E-state index in [1.54, 1.807) is 6.20 Å². The smallest absolute Gasteiger partial charge is 0.146 e. The summed E-state index contributed by atoms with van der Waals surface area (Å²) in [5.74, 6) is 0.787. The largest absolute Gasteiger partial charge is 0.389 e. The van der Waals surface area contributed by atoms with Crippen LogP contribution in [0.15, 0.2) is 12.3 Å². The zero-order valence-corrected chi connectivity index (χ0v) is 12.4. The van der Waals surface area contributed by atoms with E-state index in [2.05, 4.69) is 20.9 Å². The van der Waals surface area contributed by atoms with Gasteiger partial charge in [-0.25, -0.2) is 4.98 Å². The number of nitrogens with zero attached hydrogens (tertiary/aromatic N) is 4. The zero-order chi connectivity index (χ0) is 14.8. The standard InChI is InChI=1S/C15H22N4O/c1-12-4-5-17-14(13(12)10-16)19-8-6-18(7-9-19)11-15(2,3)20/h4-5,20H,6-9,11H2,1-3H3. The number of aliphatic hydroxyl groups is 1. The van der Waals surface area contributed by atoms with Gasteiger partial charge in [0.15, 0.2) is 0 Å². The number of hydrogen-bond donors (Lipinski definition) is 1. The monoisotopic (exact) mass is 274 g/mol. The van der Waals surface area contributed by atoms with Crippen molar-refractivity contribution in [2.45, 2.75) is 26.4 Å². The van der Waals surface area contributed by atoms with E-state index in [4.69, 9.17) is 0 Å². The molecule has 0 amide bonds. The molecule has 0 bridgehead atoms. The predicted octanol–water partition coefficient (Wildman–Crippen LogP) is 1.15. The SMILES string of the molecule is Cc1ccnc(N2CCN(CC(C)(C)O)CC2)c1C#N. The lowest BCUT2D eigenvalue weighted by Gasteiger charge is -2.38. The Kier molecular flexibility index (Phi) is 4.26. The van der Waals surface area contributed by atoms with Gasteiger partial charge in [-0.3, -0.25) is 4.90 Å². The second-order valence-electron chi connectivity index (χ2n) is 6.01. The number of hydrogen-bond acceptors (Lipinski definition) is 5. The number of rotatable bonds is 3. The number of aromatic nitrogens is 1. The maximum absolute atomic E-state index is 9.86. The van der Waals surface area contributed by atoms with Gasteiger partial charge in [0.2, 0.25) is 0 Å². The van der Waals surface area contributed by atoms with E-state index in [1.165, 1.54) is 0 Å². The molecule has 0 spiro atoms. The van der Waals surface area contributed by atoms with Crippen molar-refractivity contribution in [3.8, 4) is 6.07 Å². The number of pyridine rings is 1. The first-order valence-electron chi connectivity index (χ1n) is 6.96. The minimum Gasteiger partial charge on any atom is -0.389 e. The van der Waals surface area contributed by atoms with E-state index in [0.717, 1.165) is 37.6 Å². The molecular weight excluding hydrogens is 252 g/mol. The van der Waals surface area contributed by atoms with Crippen molar-refractivity contribution >= 4 is 5.82 Å². The average molecular weight is 274 g/mol. The van der Waals surface area contributed by atoms with E-state index in [0.29, 0.717) is 12.1 Å². The van der Waals surface area contributed by atoms with Crippen LogP contribution in [0.3, 0.4) is 0 Å². The van der Waals surface area contributed by atoms with Gasteiger partial charge < -0.3 is 10.0 Å². The first-order chi connectivity index (χ1) is 9.40. The first kappa shape index (κ1) is 14.8. The molecule has 0 unspecified atom stereocenters. The summed E-state index contributed by atoms with van der Waals surface area (Å²) >= 11 is 0. The predicted molar refractivity (Wildman–Crippen MR) is 78.6 cm³/mol. The fourth-order valence-electron chi connectivity index (χ4n) is 2.59. The lowest BCUT2D eigenvalue weighted by Crippen LogP contribution is -2.50. The Labute approximate surface area is 120 Å². The van der Waals surface area contributed by atoms with Crippen molar-refractivity contribution < 1.29 is 5.11 Å². The lowest BCUT2D eigenvalue weighted by atomic mass is 10.1. The fourth-order valence-corrected chi connectivity index (χ4v) is 2.59. The number of nitriles is 1. The van der Waals surface area contributed by atoms with Gasteiger partial charge in [0, 0.05) is 38.9 Å². The number of piperazine rings is 1. The number of β-amino-alcohol motifs (C(OH)–C–C–N with tert-alkyl or cyclic N) is 1. The third-order valence-electron chi connectivity index (χ3n) is 3.53. The molecule has 5 nitrogen and oxygen atoms in total. The van der Waals surface area contributed by atoms with Crippen molar-refractivity contribution in [3.05, 3.63) is 23.4 Å². The van der Waals surface area contributed by atoms with Crippen molar-refractivity contribution in [2.75, 3.05) is 37.6 Å². The normalized spacial score (nSPS) is 17.1. The Morgan fingerprint density at radius 1 is 1.35 bits per heavy atom. The second kappa shape index (κ2) is 5.78. The average Bonchev–Trinajstić information content (AvgIpc) is 2.37. The van der Waals surface area contributed by atoms with Gasteiger partial charge >= 0.3 is 0 Å². The maximum atomic E-state index is 9.86. The molecule has 2 rings (SSSR count). The molecule has 0 saturated carbocycles. The molecule has 1 aromatic heterocycles. The van der Waals surface area contributed by atoms with Crippen LogP contribution in [0.4, 0.5) is 5.82 Å². The Bertz CT molecular complexity index is 508. The quantitative estimate of drug-likeness (QED) is 0.896. The highest BCUT2D eigenvalue weighted by atomic mass is 16.3. The Balaban J connectivity index is 2.05. The van der Waals surface area contributed by atoms with Gasteiger partial charge in [0.25, 0.3) is 0 Å². The minimum atomic E-state index is -0.665. The van der Waals surface area contributed by atoms with Crippen LogP contribution in [0.5, 0.6) is 0 Å². The van der Waals surface area contributed by atoms with Gasteiger partial charge in [-0.15, -0.1) is 0 Å². The van der Waals surface area contributed by atoms with E-state index in [1.807, 2.05) is 26.8 Å². The molecule has 1 saturated heterocycles. The van der Waals surface area contributed by atoms with E-state index in [9.17, 15) is 10.4 Å². The van der Waals surface area contributed by atoms with Crippen molar-refractivity contribution in [2.24, 2.45) is 0 Å². The highest BCUT2D eigenvalue weighted by molar-refractivity contribution is 5.57. The molecule has 5 heteroatoms. The van der Waals surface area contributed by atoms with Crippen LogP contribution in [-0.4, -0.2) is 53.3 Å². The van der Waals surface area contributed by atoms with E-state index >= 15 is 0 Å². The fraction of sp³-hybridized carbons (Fsp3) is 0.600. The summed E-state index contributed by atoms with van der Waals surface area (Å²) in [6.45, 7) is 9.70. The van der Waals surface area contributed by atoms with Gasteiger partial charge in [0.1, 0.15) is 11.9 Å². The summed E-state index contributed by atoms with van der Waals surface area (Å²) in [4.78, 5) is 8.78. The topological polar surface area (TPSA) is 63.4 Å². The zero-order valence-electron chi connectivity index (χ0n) is 12.4. The van der Waals surface area contributed by atoms with Crippen LogP contribution in [-0.2, 0) is 0 Å². The van der Waals surface area contributed by atoms with Crippen LogP contribution in [0, 0.1) is 18.3 Å². The molecule has 108 valence electrons. The third kappa shape index (κ3) is 3.47. The van der Waals surface area contributed by atoms with Crippen LogP contribution in [0.25, 0.3) is 0 Å². The Morgan fingerprint density at radius 3 is 2.55 bits per heavy atom.